The van der Waals surface area contributed by atoms with E-state index >= 15 is 0 Å². The fourth-order valence-electron chi connectivity index (χ4n) is 5.17. The normalized spacial score (nSPS) is 18.9. The molecule has 0 radical (unpaired) electrons. The summed E-state index contributed by atoms with van der Waals surface area (Å²) in [5.41, 5.74) is 3.80. The van der Waals surface area contributed by atoms with E-state index in [4.69, 9.17) is 0 Å². The van der Waals surface area contributed by atoms with E-state index in [0.29, 0.717) is 17.9 Å². The van der Waals surface area contributed by atoms with Crippen molar-refractivity contribution in [1.29, 1.82) is 5.26 Å². The Morgan fingerprint density at radius 1 is 1.03 bits per heavy atom. The van der Waals surface area contributed by atoms with E-state index in [1.807, 2.05) is 30.3 Å². The lowest BCUT2D eigenvalue weighted by Gasteiger charge is -2.32. The Labute approximate surface area is 194 Å². The second-order valence-electron chi connectivity index (χ2n) is 9.52. The molecule has 1 saturated carbocycles. The number of nitrogens with one attached hydrogen (secondary N) is 2. The summed E-state index contributed by atoms with van der Waals surface area (Å²) in [6.07, 6.45) is 7.71. The van der Waals surface area contributed by atoms with Crippen molar-refractivity contribution in [3.63, 3.8) is 0 Å². The SMILES string of the molecule is N#Cc1c2c(n(-c3ccccc3)c1NC(=O)CN1CCC(NC(=O)C3CC3)CC1)CCCC2. The summed E-state index contributed by atoms with van der Waals surface area (Å²) in [7, 11) is 0. The molecule has 2 heterocycles. The highest BCUT2D eigenvalue weighted by atomic mass is 16.2. The Hall–Kier alpha value is -3.11. The Morgan fingerprint density at radius 3 is 2.45 bits per heavy atom. The molecular weight excluding hydrogens is 414 g/mol. The van der Waals surface area contributed by atoms with Crippen LogP contribution < -0.4 is 10.6 Å². The van der Waals surface area contributed by atoms with Crippen molar-refractivity contribution in [2.45, 2.75) is 57.4 Å². The smallest absolute Gasteiger partial charge is 0.239 e. The Kier molecular flexibility index (Phi) is 6.19. The van der Waals surface area contributed by atoms with Crippen LogP contribution in [0.4, 0.5) is 5.82 Å². The van der Waals surface area contributed by atoms with Crippen molar-refractivity contribution in [3.8, 4) is 11.8 Å². The van der Waals surface area contributed by atoms with Crippen LogP contribution in [0.2, 0.25) is 0 Å². The van der Waals surface area contributed by atoms with Gasteiger partial charge in [-0.15, -0.1) is 0 Å². The lowest BCUT2D eigenvalue weighted by molar-refractivity contribution is -0.123. The molecule has 1 saturated heterocycles. The van der Waals surface area contributed by atoms with E-state index in [2.05, 4.69) is 26.2 Å². The van der Waals surface area contributed by atoms with Crippen LogP contribution in [0.3, 0.4) is 0 Å². The number of hydrogen-bond donors (Lipinski definition) is 2. The van der Waals surface area contributed by atoms with Crippen molar-refractivity contribution < 1.29 is 9.59 Å². The number of amides is 2. The van der Waals surface area contributed by atoms with Gasteiger partial charge >= 0.3 is 0 Å². The number of carbonyl (C=O) groups is 2. The molecule has 7 heteroatoms. The third-order valence-corrected chi connectivity index (χ3v) is 7.10. The highest BCUT2D eigenvalue weighted by Crippen LogP contribution is 2.35. The van der Waals surface area contributed by atoms with Gasteiger partial charge in [0.2, 0.25) is 11.8 Å². The van der Waals surface area contributed by atoms with Gasteiger partial charge in [-0.1, -0.05) is 18.2 Å². The van der Waals surface area contributed by atoms with Gasteiger partial charge < -0.3 is 10.6 Å². The predicted molar refractivity (Wildman–Crippen MR) is 126 cm³/mol. The van der Waals surface area contributed by atoms with Gasteiger partial charge in [0.25, 0.3) is 0 Å². The second kappa shape index (κ2) is 9.40. The van der Waals surface area contributed by atoms with E-state index < -0.39 is 0 Å². The van der Waals surface area contributed by atoms with Gasteiger partial charge in [-0.3, -0.25) is 19.1 Å². The van der Waals surface area contributed by atoms with Crippen LogP contribution in [0, 0.1) is 17.2 Å². The number of para-hydroxylation sites is 1. The number of piperidine rings is 1. The van der Waals surface area contributed by atoms with Crippen molar-refractivity contribution in [1.82, 2.24) is 14.8 Å². The molecule has 0 atom stereocenters. The number of carbonyl (C=O) groups excluding carboxylic acids is 2. The number of hydrogen-bond acceptors (Lipinski definition) is 4. The maximum Gasteiger partial charge on any atom is 0.239 e. The fourth-order valence-corrected chi connectivity index (χ4v) is 5.17. The summed E-state index contributed by atoms with van der Waals surface area (Å²) in [5, 5.41) is 16.2. The van der Waals surface area contributed by atoms with E-state index in [1.165, 1.54) is 0 Å². The molecule has 1 aromatic heterocycles. The molecule has 172 valence electrons. The number of benzene rings is 1. The molecule has 0 unspecified atom stereocenters. The van der Waals surface area contributed by atoms with Gasteiger partial charge in [0, 0.05) is 36.4 Å². The Morgan fingerprint density at radius 2 is 1.76 bits per heavy atom. The van der Waals surface area contributed by atoms with Crippen LogP contribution in [-0.4, -0.2) is 47.0 Å². The molecular formula is C26H31N5O2. The summed E-state index contributed by atoms with van der Waals surface area (Å²) >= 11 is 0. The first-order chi connectivity index (χ1) is 16.1. The third kappa shape index (κ3) is 4.67. The van der Waals surface area contributed by atoms with Crippen LogP contribution in [0.25, 0.3) is 5.69 Å². The van der Waals surface area contributed by atoms with Gasteiger partial charge in [-0.2, -0.15) is 5.26 Å². The van der Waals surface area contributed by atoms with E-state index in [9.17, 15) is 14.9 Å². The summed E-state index contributed by atoms with van der Waals surface area (Å²) in [6, 6.07) is 12.6. The largest absolute Gasteiger partial charge is 0.353 e. The lowest BCUT2D eigenvalue weighted by atomic mass is 9.95. The first-order valence-electron chi connectivity index (χ1n) is 12.2. The van der Waals surface area contributed by atoms with Crippen LogP contribution in [0.1, 0.15) is 55.3 Å². The summed E-state index contributed by atoms with van der Waals surface area (Å²) in [5.74, 6) is 0.932. The standard InChI is InChI=1S/C26H31N5O2/c27-16-22-21-8-4-5-9-23(21)31(20-6-2-1-3-7-20)25(22)29-24(32)17-30-14-12-19(13-15-30)28-26(33)18-10-11-18/h1-3,6-7,18-19H,4-5,8-15,17H2,(H,28,33)(H,29,32). The molecule has 2 aliphatic carbocycles. The van der Waals surface area contributed by atoms with E-state index in [1.54, 1.807) is 0 Å². The molecule has 2 fully saturated rings. The maximum absolute atomic E-state index is 13.1. The monoisotopic (exact) mass is 445 g/mol. The zero-order valence-electron chi connectivity index (χ0n) is 19.0. The van der Waals surface area contributed by atoms with E-state index in [0.717, 1.165) is 81.4 Å². The van der Waals surface area contributed by atoms with Crippen molar-refractivity contribution in [3.05, 3.63) is 47.2 Å². The number of fused-ring (bicyclic) bond motifs is 1. The number of aromatic nitrogens is 1. The number of rotatable bonds is 6. The molecule has 2 N–H and O–H groups in total. The molecule has 2 amide bonds. The van der Waals surface area contributed by atoms with E-state index in [-0.39, 0.29) is 23.8 Å². The quantitative estimate of drug-likeness (QED) is 0.715. The van der Waals surface area contributed by atoms with Crippen molar-refractivity contribution in [2.75, 3.05) is 25.0 Å². The van der Waals surface area contributed by atoms with Crippen LogP contribution in [-0.2, 0) is 22.4 Å². The molecule has 0 spiro atoms. The van der Waals surface area contributed by atoms with Crippen LogP contribution in [0.5, 0.6) is 0 Å². The van der Waals surface area contributed by atoms with Crippen molar-refractivity contribution >= 4 is 17.6 Å². The van der Waals surface area contributed by atoms with Gasteiger partial charge in [-0.05, 0) is 69.1 Å². The third-order valence-electron chi connectivity index (χ3n) is 7.10. The number of nitrogens with zero attached hydrogens (tertiary/aromatic N) is 3. The Balaban J connectivity index is 1.28. The zero-order chi connectivity index (χ0) is 22.8. The van der Waals surface area contributed by atoms with Gasteiger partial charge in [0.1, 0.15) is 11.9 Å². The zero-order valence-corrected chi connectivity index (χ0v) is 19.0. The molecule has 1 aliphatic heterocycles. The Bertz CT molecular complexity index is 1070. The predicted octanol–water partition coefficient (Wildman–Crippen LogP) is 3.16. The lowest BCUT2D eigenvalue weighted by Crippen LogP contribution is -2.47. The van der Waals surface area contributed by atoms with Gasteiger partial charge in [0.05, 0.1) is 12.1 Å². The molecule has 1 aromatic carbocycles. The minimum Gasteiger partial charge on any atom is -0.353 e. The molecule has 33 heavy (non-hydrogen) atoms. The number of anilines is 1. The number of likely N-dealkylation sites (tertiary alicyclic amines) is 1. The molecule has 5 rings (SSSR count). The maximum atomic E-state index is 13.1. The first-order valence-corrected chi connectivity index (χ1v) is 12.2. The molecule has 3 aliphatic rings. The summed E-state index contributed by atoms with van der Waals surface area (Å²) in [4.78, 5) is 27.2. The minimum absolute atomic E-state index is 0.0982. The average molecular weight is 446 g/mol. The topological polar surface area (TPSA) is 90.2 Å². The average Bonchev–Trinajstić information content (AvgIpc) is 3.64. The fraction of sp³-hybridized carbons (Fsp3) is 0.500. The highest BCUT2D eigenvalue weighted by molar-refractivity contribution is 5.93. The van der Waals surface area contributed by atoms with Gasteiger partial charge in [0.15, 0.2) is 0 Å². The van der Waals surface area contributed by atoms with Crippen LogP contribution >= 0.6 is 0 Å². The summed E-state index contributed by atoms with van der Waals surface area (Å²) in [6.45, 7) is 1.85. The van der Waals surface area contributed by atoms with Gasteiger partial charge in [-0.25, -0.2) is 0 Å². The minimum atomic E-state index is -0.0982. The molecule has 2 aromatic rings. The summed E-state index contributed by atoms with van der Waals surface area (Å²) < 4.78 is 2.07. The molecule has 0 bridgehead atoms. The first kappa shape index (κ1) is 21.7. The molecule has 7 nitrogen and oxygen atoms in total. The second-order valence-corrected chi connectivity index (χ2v) is 9.52. The number of nitriles is 1. The highest BCUT2D eigenvalue weighted by Gasteiger charge is 2.32. The van der Waals surface area contributed by atoms with Crippen LogP contribution in [0.15, 0.2) is 30.3 Å². The van der Waals surface area contributed by atoms with Crippen molar-refractivity contribution in [2.24, 2.45) is 5.92 Å².